The first-order valence-electron chi connectivity index (χ1n) is 4.30. The van der Waals surface area contributed by atoms with E-state index in [1.54, 1.807) is 0 Å². The minimum atomic E-state index is 0.631. The van der Waals surface area contributed by atoms with E-state index in [1.807, 2.05) is 0 Å². The third-order valence-electron chi connectivity index (χ3n) is 2.65. The molecule has 1 aromatic heterocycles. The lowest BCUT2D eigenvalue weighted by molar-refractivity contribution is 0.376. The molecule has 2 nitrogen and oxygen atoms in total. The van der Waals surface area contributed by atoms with Gasteiger partial charge in [0.25, 0.3) is 0 Å². The molecule has 1 aliphatic carbocycles. The van der Waals surface area contributed by atoms with Gasteiger partial charge in [-0.15, -0.1) is 0 Å². The molecule has 1 heterocycles. The van der Waals surface area contributed by atoms with Gasteiger partial charge in [-0.2, -0.15) is 12.6 Å². The van der Waals surface area contributed by atoms with Gasteiger partial charge in [-0.3, -0.25) is 0 Å². The van der Waals surface area contributed by atoms with Crippen LogP contribution in [0.5, 0.6) is 0 Å². The van der Waals surface area contributed by atoms with Gasteiger partial charge in [-0.25, -0.2) is 0 Å². The van der Waals surface area contributed by atoms with E-state index >= 15 is 0 Å². The highest BCUT2D eigenvalue weighted by Crippen LogP contribution is 2.48. The van der Waals surface area contributed by atoms with Crippen LogP contribution in [0.3, 0.4) is 0 Å². The number of thiol groups is 1. The normalized spacial score (nSPS) is 27.6. The van der Waals surface area contributed by atoms with E-state index in [0.29, 0.717) is 11.7 Å². The molecule has 0 saturated heterocycles. The summed E-state index contributed by atoms with van der Waals surface area (Å²) in [5, 5.41) is 3.98. The molecule has 1 aliphatic rings. The van der Waals surface area contributed by atoms with Crippen LogP contribution in [0.4, 0.5) is 0 Å². The van der Waals surface area contributed by atoms with Crippen LogP contribution in [0.15, 0.2) is 4.52 Å². The molecule has 2 unspecified atom stereocenters. The van der Waals surface area contributed by atoms with Gasteiger partial charge in [-0.05, 0) is 19.3 Å². The number of nitrogens with zero attached hydrogens (tertiary/aromatic N) is 1. The summed E-state index contributed by atoms with van der Waals surface area (Å²) in [6, 6.07) is 0. The van der Waals surface area contributed by atoms with E-state index in [9.17, 15) is 0 Å². The highest BCUT2D eigenvalue weighted by atomic mass is 32.1. The second kappa shape index (κ2) is 2.80. The average Bonchev–Trinajstić information content (AvgIpc) is 2.63. The van der Waals surface area contributed by atoms with Crippen LogP contribution in [-0.4, -0.2) is 5.16 Å². The molecule has 66 valence electrons. The number of rotatable bonds is 2. The molecule has 0 N–H and O–H groups in total. The predicted molar refractivity (Wildman–Crippen MR) is 50.5 cm³/mol. The van der Waals surface area contributed by atoms with Crippen LogP contribution in [0.2, 0.25) is 0 Å². The predicted octanol–water partition coefficient (Wildman–Crippen LogP) is 2.54. The largest absolute Gasteiger partial charge is 0.361 e. The monoisotopic (exact) mass is 183 g/mol. The zero-order chi connectivity index (χ0) is 8.72. The second-order valence-electron chi connectivity index (χ2n) is 3.60. The van der Waals surface area contributed by atoms with Crippen molar-refractivity contribution in [2.45, 2.75) is 31.9 Å². The van der Waals surface area contributed by atoms with E-state index in [0.717, 1.165) is 17.4 Å². The smallest absolute Gasteiger partial charge is 0.143 e. The van der Waals surface area contributed by atoms with E-state index in [4.69, 9.17) is 4.52 Å². The Labute approximate surface area is 77.7 Å². The number of aromatic nitrogens is 1. The Bertz CT molecular complexity index is 295. The average molecular weight is 183 g/mol. The molecule has 1 saturated carbocycles. The van der Waals surface area contributed by atoms with Gasteiger partial charge in [-0.1, -0.05) is 12.1 Å². The zero-order valence-corrected chi connectivity index (χ0v) is 8.27. The van der Waals surface area contributed by atoms with Crippen LogP contribution >= 0.6 is 12.6 Å². The lowest BCUT2D eigenvalue weighted by Crippen LogP contribution is -1.84. The van der Waals surface area contributed by atoms with Crippen LogP contribution in [-0.2, 0) is 5.75 Å². The van der Waals surface area contributed by atoms with Crippen molar-refractivity contribution >= 4 is 12.6 Å². The molecule has 2 atom stereocenters. The quantitative estimate of drug-likeness (QED) is 0.713. The fourth-order valence-electron chi connectivity index (χ4n) is 1.56. The maximum atomic E-state index is 5.28. The van der Waals surface area contributed by atoms with Crippen molar-refractivity contribution in [3.05, 3.63) is 17.0 Å². The summed E-state index contributed by atoms with van der Waals surface area (Å²) in [4.78, 5) is 0. The van der Waals surface area contributed by atoms with Crippen LogP contribution in [0.25, 0.3) is 0 Å². The van der Waals surface area contributed by atoms with Crippen molar-refractivity contribution in [1.82, 2.24) is 5.16 Å². The summed E-state index contributed by atoms with van der Waals surface area (Å²) in [6.45, 7) is 4.31. The summed E-state index contributed by atoms with van der Waals surface area (Å²) in [5.41, 5.74) is 2.20. The lowest BCUT2D eigenvalue weighted by Gasteiger charge is -1.92. The van der Waals surface area contributed by atoms with Gasteiger partial charge in [0.05, 0.1) is 5.69 Å². The fraction of sp³-hybridized carbons (Fsp3) is 0.667. The molecule has 0 radical (unpaired) electrons. The molecule has 12 heavy (non-hydrogen) atoms. The molecule has 0 spiro atoms. The Morgan fingerprint density at radius 2 is 2.33 bits per heavy atom. The molecule has 2 rings (SSSR count). The minimum absolute atomic E-state index is 0.631. The first kappa shape index (κ1) is 8.17. The van der Waals surface area contributed by atoms with Crippen molar-refractivity contribution in [2.24, 2.45) is 5.92 Å². The zero-order valence-electron chi connectivity index (χ0n) is 7.37. The first-order valence-corrected chi connectivity index (χ1v) is 4.93. The van der Waals surface area contributed by atoms with E-state index in [2.05, 4.69) is 31.6 Å². The van der Waals surface area contributed by atoms with Crippen LogP contribution < -0.4 is 0 Å². The Kier molecular flexibility index (Phi) is 1.91. The Morgan fingerprint density at radius 3 is 2.75 bits per heavy atom. The molecular weight excluding hydrogens is 170 g/mol. The van der Waals surface area contributed by atoms with Gasteiger partial charge in [0.2, 0.25) is 0 Å². The molecule has 1 fully saturated rings. The summed E-state index contributed by atoms with van der Waals surface area (Å²) in [5.74, 6) is 3.18. The molecule has 0 amide bonds. The van der Waals surface area contributed by atoms with Crippen molar-refractivity contribution in [3.8, 4) is 0 Å². The van der Waals surface area contributed by atoms with Crippen molar-refractivity contribution in [2.75, 3.05) is 0 Å². The topological polar surface area (TPSA) is 26.0 Å². The first-order chi connectivity index (χ1) is 5.74. The third kappa shape index (κ3) is 1.16. The van der Waals surface area contributed by atoms with Gasteiger partial charge in [0.1, 0.15) is 5.76 Å². The van der Waals surface area contributed by atoms with Crippen LogP contribution in [0.1, 0.15) is 36.3 Å². The molecular formula is C9H13NOS. The number of hydrogen-bond acceptors (Lipinski definition) is 3. The van der Waals surface area contributed by atoms with E-state index < -0.39 is 0 Å². The fourth-order valence-corrected chi connectivity index (χ4v) is 1.86. The van der Waals surface area contributed by atoms with Crippen molar-refractivity contribution in [1.29, 1.82) is 0 Å². The summed E-state index contributed by atoms with van der Waals surface area (Å²) in [7, 11) is 0. The maximum absolute atomic E-state index is 5.28. The molecule has 1 aromatic rings. The standard InChI is InChI=1S/C9H13NOS/c1-5-3-7(5)9-6(2)8(4-12)10-11-9/h5,7,12H,3-4H2,1-2H3. The second-order valence-corrected chi connectivity index (χ2v) is 3.91. The van der Waals surface area contributed by atoms with Gasteiger partial charge < -0.3 is 4.52 Å². The number of hydrogen-bond donors (Lipinski definition) is 1. The van der Waals surface area contributed by atoms with Gasteiger partial charge >= 0.3 is 0 Å². The molecule has 0 bridgehead atoms. The molecule has 3 heteroatoms. The summed E-state index contributed by atoms with van der Waals surface area (Å²) < 4.78 is 5.28. The minimum Gasteiger partial charge on any atom is -0.361 e. The maximum Gasteiger partial charge on any atom is 0.143 e. The Balaban J connectivity index is 2.27. The highest BCUT2D eigenvalue weighted by Gasteiger charge is 2.38. The van der Waals surface area contributed by atoms with Crippen molar-refractivity contribution < 1.29 is 4.52 Å². The summed E-state index contributed by atoms with van der Waals surface area (Å²) in [6.07, 6.45) is 1.25. The van der Waals surface area contributed by atoms with Crippen LogP contribution in [0, 0.1) is 12.8 Å². The Morgan fingerprint density at radius 1 is 1.67 bits per heavy atom. The SMILES string of the molecule is Cc1c(CS)noc1C1CC1C. The molecule has 0 aliphatic heterocycles. The van der Waals surface area contributed by atoms with Gasteiger partial charge in [0.15, 0.2) is 0 Å². The van der Waals surface area contributed by atoms with Crippen molar-refractivity contribution in [3.63, 3.8) is 0 Å². The van der Waals surface area contributed by atoms with Gasteiger partial charge in [0, 0.05) is 17.2 Å². The highest BCUT2D eigenvalue weighted by molar-refractivity contribution is 7.79. The van der Waals surface area contributed by atoms with E-state index in [-0.39, 0.29) is 0 Å². The lowest BCUT2D eigenvalue weighted by atomic mass is 10.1. The summed E-state index contributed by atoms with van der Waals surface area (Å²) >= 11 is 4.18. The van der Waals surface area contributed by atoms with E-state index in [1.165, 1.54) is 12.0 Å². The Hall–Kier alpha value is -0.440. The molecule has 0 aromatic carbocycles. The third-order valence-corrected chi connectivity index (χ3v) is 2.95.